The smallest absolute Gasteiger partial charge is 0.367 e. The fourth-order valence-electron chi connectivity index (χ4n) is 1.73. The van der Waals surface area contributed by atoms with Crippen molar-refractivity contribution in [2.75, 3.05) is 6.61 Å². The van der Waals surface area contributed by atoms with Crippen molar-refractivity contribution in [2.45, 2.75) is 38.0 Å². The summed E-state index contributed by atoms with van der Waals surface area (Å²) < 4.78 is 46.2. The Labute approximate surface area is 100 Å². The van der Waals surface area contributed by atoms with E-state index < -0.39 is 24.0 Å². The SMILES string of the molecule is CC1(c2noc(CC(=O)C(F)(F)F)n2)CCCO1. The van der Waals surface area contributed by atoms with Crippen LogP contribution in [0.5, 0.6) is 0 Å². The lowest BCUT2D eigenvalue weighted by Crippen LogP contribution is -2.25. The topological polar surface area (TPSA) is 65.2 Å². The van der Waals surface area contributed by atoms with Gasteiger partial charge in [0.05, 0.1) is 6.42 Å². The molecule has 0 bridgehead atoms. The van der Waals surface area contributed by atoms with E-state index in [-0.39, 0.29) is 11.7 Å². The summed E-state index contributed by atoms with van der Waals surface area (Å²) in [5, 5.41) is 3.57. The van der Waals surface area contributed by atoms with E-state index in [0.717, 1.165) is 6.42 Å². The molecule has 1 saturated heterocycles. The fraction of sp³-hybridized carbons (Fsp3) is 0.700. The maximum atomic E-state index is 12.1. The first-order valence-corrected chi connectivity index (χ1v) is 5.38. The number of carbonyl (C=O) groups is 1. The normalized spacial score (nSPS) is 24.4. The number of nitrogens with zero attached hydrogens (tertiary/aromatic N) is 2. The molecule has 1 unspecified atom stereocenters. The van der Waals surface area contributed by atoms with Crippen LogP contribution in [-0.2, 0) is 21.6 Å². The minimum absolute atomic E-state index is 0.185. The molecule has 0 saturated carbocycles. The number of alkyl halides is 3. The van der Waals surface area contributed by atoms with E-state index in [1.807, 2.05) is 0 Å². The summed E-state index contributed by atoms with van der Waals surface area (Å²) in [7, 11) is 0. The number of hydrogen-bond acceptors (Lipinski definition) is 5. The highest BCUT2D eigenvalue weighted by Crippen LogP contribution is 2.33. The maximum absolute atomic E-state index is 12.1. The number of carbonyl (C=O) groups excluding carboxylic acids is 1. The average molecular weight is 264 g/mol. The molecule has 1 atom stereocenters. The molecule has 2 heterocycles. The first-order valence-electron chi connectivity index (χ1n) is 5.38. The molecule has 0 aliphatic carbocycles. The third-order valence-electron chi connectivity index (χ3n) is 2.79. The highest BCUT2D eigenvalue weighted by Gasteiger charge is 2.40. The van der Waals surface area contributed by atoms with Crippen molar-refractivity contribution in [3.8, 4) is 0 Å². The van der Waals surface area contributed by atoms with Crippen molar-refractivity contribution in [1.82, 2.24) is 10.1 Å². The van der Waals surface area contributed by atoms with Crippen LogP contribution in [0.15, 0.2) is 4.52 Å². The Morgan fingerprint density at radius 2 is 2.22 bits per heavy atom. The van der Waals surface area contributed by atoms with Crippen molar-refractivity contribution >= 4 is 5.78 Å². The summed E-state index contributed by atoms with van der Waals surface area (Å²) in [6.07, 6.45) is -4.34. The van der Waals surface area contributed by atoms with Gasteiger partial charge in [-0.2, -0.15) is 18.2 Å². The zero-order chi connectivity index (χ0) is 13.4. The molecule has 2 rings (SSSR count). The van der Waals surface area contributed by atoms with E-state index in [0.29, 0.717) is 13.0 Å². The van der Waals surface area contributed by atoms with Crippen LogP contribution in [-0.4, -0.2) is 28.7 Å². The monoisotopic (exact) mass is 264 g/mol. The lowest BCUT2D eigenvalue weighted by molar-refractivity contribution is -0.170. The summed E-state index contributed by atoms with van der Waals surface area (Å²) in [6, 6.07) is 0. The Bertz CT molecular complexity index is 449. The molecule has 1 aliphatic heterocycles. The largest absolute Gasteiger partial charge is 0.450 e. The number of aromatic nitrogens is 2. The number of ketones is 1. The van der Waals surface area contributed by atoms with E-state index in [9.17, 15) is 18.0 Å². The van der Waals surface area contributed by atoms with E-state index in [1.54, 1.807) is 6.92 Å². The molecule has 1 aromatic heterocycles. The van der Waals surface area contributed by atoms with Gasteiger partial charge >= 0.3 is 6.18 Å². The number of Topliss-reactive ketones (excluding diaryl/α,β-unsaturated/α-hetero) is 1. The van der Waals surface area contributed by atoms with Crippen molar-refractivity contribution in [1.29, 1.82) is 0 Å². The second kappa shape index (κ2) is 4.34. The molecule has 8 heteroatoms. The van der Waals surface area contributed by atoms with Gasteiger partial charge in [-0.1, -0.05) is 5.16 Å². The van der Waals surface area contributed by atoms with E-state index >= 15 is 0 Å². The highest BCUT2D eigenvalue weighted by molar-refractivity contribution is 5.85. The second-order valence-corrected chi connectivity index (χ2v) is 4.29. The predicted molar refractivity (Wildman–Crippen MR) is 51.6 cm³/mol. The van der Waals surface area contributed by atoms with Crippen molar-refractivity contribution in [2.24, 2.45) is 0 Å². The highest BCUT2D eigenvalue weighted by atomic mass is 19.4. The minimum atomic E-state index is -4.89. The summed E-state index contributed by atoms with van der Waals surface area (Å²) >= 11 is 0. The first kappa shape index (κ1) is 13.0. The molecule has 0 aromatic carbocycles. The Kier molecular flexibility index (Phi) is 3.14. The Hall–Kier alpha value is -1.44. The number of ether oxygens (including phenoxy) is 1. The Morgan fingerprint density at radius 3 is 2.78 bits per heavy atom. The van der Waals surface area contributed by atoms with Crippen molar-refractivity contribution < 1.29 is 27.2 Å². The molecule has 100 valence electrons. The standard InChI is InChI=1S/C10H11F3N2O3/c1-9(3-2-4-17-9)8-14-7(18-15-8)5-6(16)10(11,12)13/h2-5H2,1H3. The quantitative estimate of drug-likeness (QED) is 0.832. The van der Waals surface area contributed by atoms with Gasteiger partial charge in [0.1, 0.15) is 5.60 Å². The van der Waals surface area contributed by atoms with Crippen LogP contribution in [0.25, 0.3) is 0 Å². The van der Waals surface area contributed by atoms with Gasteiger partial charge in [0.15, 0.2) is 0 Å². The molecular weight excluding hydrogens is 253 g/mol. The lowest BCUT2D eigenvalue weighted by atomic mass is 10.0. The molecule has 1 fully saturated rings. The average Bonchev–Trinajstić information content (AvgIpc) is 2.86. The molecule has 1 aliphatic rings. The van der Waals surface area contributed by atoms with Crippen LogP contribution >= 0.6 is 0 Å². The zero-order valence-corrected chi connectivity index (χ0v) is 9.58. The predicted octanol–water partition coefficient (Wildman–Crippen LogP) is 1.77. The second-order valence-electron chi connectivity index (χ2n) is 4.29. The molecule has 0 N–H and O–H groups in total. The van der Waals surface area contributed by atoms with Crippen LogP contribution in [0.3, 0.4) is 0 Å². The summed E-state index contributed by atoms with van der Waals surface area (Å²) in [6.45, 7) is 2.28. The van der Waals surface area contributed by atoms with Gasteiger partial charge in [0, 0.05) is 6.61 Å². The molecule has 0 spiro atoms. The van der Waals surface area contributed by atoms with Gasteiger partial charge in [-0.15, -0.1) is 0 Å². The molecule has 5 nitrogen and oxygen atoms in total. The van der Waals surface area contributed by atoms with Crippen LogP contribution in [0.4, 0.5) is 13.2 Å². The maximum Gasteiger partial charge on any atom is 0.450 e. The number of halogens is 3. The summed E-state index contributed by atoms with van der Waals surface area (Å²) in [4.78, 5) is 14.6. The van der Waals surface area contributed by atoms with Crippen molar-refractivity contribution in [3.05, 3.63) is 11.7 Å². The van der Waals surface area contributed by atoms with Crippen LogP contribution < -0.4 is 0 Å². The van der Waals surface area contributed by atoms with E-state index in [1.165, 1.54) is 0 Å². The van der Waals surface area contributed by atoms with Crippen LogP contribution in [0, 0.1) is 0 Å². The Morgan fingerprint density at radius 1 is 1.50 bits per heavy atom. The van der Waals surface area contributed by atoms with Gasteiger partial charge in [-0.05, 0) is 19.8 Å². The Balaban J connectivity index is 2.09. The van der Waals surface area contributed by atoms with Gasteiger partial charge < -0.3 is 9.26 Å². The van der Waals surface area contributed by atoms with Crippen LogP contribution in [0.1, 0.15) is 31.5 Å². The third-order valence-corrected chi connectivity index (χ3v) is 2.79. The van der Waals surface area contributed by atoms with Gasteiger partial charge in [-0.25, -0.2) is 0 Å². The zero-order valence-electron chi connectivity index (χ0n) is 9.58. The first-order chi connectivity index (χ1) is 8.31. The number of hydrogen-bond donors (Lipinski definition) is 0. The number of rotatable bonds is 3. The lowest BCUT2D eigenvalue weighted by Gasteiger charge is -2.17. The molecule has 0 radical (unpaired) electrons. The van der Waals surface area contributed by atoms with Gasteiger partial charge in [0.25, 0.3) is 0 Å². The van der Waals surface area contributed by atoms with Crippen molar-refractivity contribution in [3.63, 3.8) is 0 Å². The van der Waals surface area contributed by atoms with E-state index in [2.05, 4.69) is 14.7 Å². The summed E-state index contributed by atoms with van der Waals surface area (Å²) in [5.41, 5.74) is -0.733. The van der Waals surface area contributed by atoms with Crippen LogP contribution in [0.2, 0.25) is 0 Å². The molecular formula is C10H11F3N2O3. The van der Waals surface area contributed by atoms with Gasteiger partial charge in [0.2, 0.25) is 17.5 Å². The fourth-order valence-corrected chi connectivity index (χ4v) is 1.73. The van der Waals surface area contributed by atoms with E-state index in [4.69, 9.17) is 4.74 Å². The summed E-state index contributed by atoms with van der Waals surface area (Å²) in [5.74, 6) is -2.07. The van der Waals surface area contributed by atoms with Gasteiger partial charge in [-0.3, -0.25) is 4.79 Å². The third kappa shape index (κ3) is 2.53. The molecule has 18 heavy (non-hydrogen) atoms. The minimum Gasteiger partial charge on any atom is -0.367 e. The molecule has 1 aromatic rings. The molecule has 0 amide bonds.